The molecular weight excluding hydrogens is 526 g/mol. The summed E-state index contributed by atoms with van der Waals surface area (Å²) in [5, 5.41) is 3.14. The maximum atomic E-state index is 6.93. The van der Waals surface area contributed by atoms with E-state index in [1.807, 2.05) is 23.9 Å². The molecule has 188 valence electrons. The summed E-state index contributed by atoms with van der Waals surface area (Å²) in [6.07, 6.45) is 0. The first-order valence-corrected chi connectivity index (χ1v) is 14.8. The highest BCUT2D eigenvalue weighted by Gasteiger charge is 2.50. The summed E-state index contributed by atoms with van der Waals surface area (Å²) in [6, 6.07) is 48.7. The molecule has 1 nitrogen and oxygen atoms in total. The zero-order chi connectivity index (χ0) is 26.4. The van der Waals surface area contributed by atoms with E-state index in [1.165, 1.54) is 53.9 Å². The molecule has 0 saturated heterocycles. The number of fused-ring (bicyclic) bond motifs is 12. The van der Waals surface area contributed by atoms with Gasteiger partial charge in [-0.05, 0) is 69.8 Å². The number of halogens is 1. The second-order valence-corrected chi connectivity index (χ2v) is 12.1. The fourth-order valence-corrected chi connectivity index (χ4v) is 8.68. The third kappa shape index (κ3) is 2.75. The van der Waals surface area contributed by atoms with Gasteiger partial charge in [0, 0.05) is 26.3 Å². The second-order valence-electron chi connectivity index (χ2n) is 10.6. The Morgan fingerprint density at radius 1 is 0.525 bits per heavy atom. The van der Waals surface area contributed by atoms with Gasteiger partial charge in [0.1, 0.15) is 0 Å². The number of benzene rings is 6. The van der Waals surface area contributed by atoms with Gasteiger partial charge in [-0.1, -0.05) is 120 Å². The van der Waals surface area contributed by atoms with Crippen LogP contribution in [-0.2, 0) is 5.41 Å². The molecule has 2 aliphatic rings. The first kappa shape index (κ1) is 22.6. The van der Waals surface area contributed by atoms with Gasteiger partial charge in [-0.25, -0.2) is 0 Å². The quantitative estimate of drug-likeness (QED) is 0.198. The minimum absolute atomic E-state index is 0.400. The van der Waals surface area contributed by atoms with Crippen LogP contribution in [0.4, 0.5) is 0 Å². The van der Waals surface area contributed by atoms with Crippen LogP contribution in [0.1, 0.15) is 22.3 Å². The maximum absolute atomic E-state index is 6.93. The van der Waals surface area contributed by atoms with E-state index in [-0.39, 0.29) is 0 Å². The van der Waals surface area contributed by atoms with Crippen molar-refractivity contribution in [3.63, 3.8) is 0 Å². The molecule has 0 bridgehead atoms. The van der Waals surface area contributed by atoms with Gasteiger partial charge in [-0.2, -0.15) is 0 Å². The van der Waals surface area contributed by atoms with Crippen molar-refractivity contribution in [2.24, 2.45) is 0 Å². The van der Waals surface area contributed by atoms with Crippen molar-refractivity contribution in [3.05, 3.63) is 161 Å². The molecule has 1 aliphatic heterocycles. The molecule has 40 heavy (non-hydrogen) atoms. The molecular formula is C37H22ClNS. The second kappa shape index (κ2) is 8.14. The lowest BCUT2D eigenvalue weighted by molar-refractivity contribution is 0.722. The minimum atomic E-state index is -0.400. The molecule has 3 heteroatoms. The van der Waals surface area contributed by atoms with Gasteiger partial charge < -0.3 is 4.57 Å². The van der Waals surface area contributed by atoms with Gasteiger partial charge in [0.05, 0.1) is 21.5 Å². The van der Waals surface area contributed by atoms with Gasteiger partial charge in [0.15, 0.2) is 0 Å². The van der Waals surface area contributed by atoms with E-state index in [0.29, 0.717) is 0 Å². The molecule has 0 radical (unpaired) electrons. The topological polar surface area (TPSA) is 4.93 Å². The van der Waals surface area contributed by atoms with Crippen molar-refractivity contribution < 1.29 is 0 Å². The van der Waals surface area contributed by atoms with Crippen molar-refractivity contribution in [2.45, 2.75) is 15.2 Å². The van der Waals surface area contributed by atoms with Crippen molar-refractivity contribution in [3.8, 4) is 16.8 Å². The maximum Gasteiger partial charge on any atom is 0.0736 e. The standard InChI is InChI=1S/C37H22ClNS/c38-32-16-9-12-27-26-11-2-6-17-33(26)39(36(27)32)23-20-21-25-24-10-1-3-13-28(24)37(31(25)22-23)29-14-4-7-18-34(29)40-35-19-8-5-15-30(35)37/h1-22H. The van der Waals surface area contributed by atoms with E-state index in [2.05, 4.69) is 126 Å². The molecule has 1 spiro atoms. The average molecular weight is 548 g/mol. The van der Waals surface area contributed by atoms with Crippen molar-refractivity contribution in [1.82, 2.24) is 4.57 Å². The van der Waals surface area contributed by atoms with Gasteiger partial charge in [-0.15, -0.1) is 0 Å². The third-order valence-electron chi connectivity index (χ3n) is 8.73. The summed E-state index contributed by atoms with van der Waals surface area (Å²) < 4.78 is 2.35. The molecule has 0 amide bonds. The SMILES string of the molecule is Clc1cccc2c3ccccc3n(-c3ccc4c(c3)C3(c5ccccc5Sc5ccccc53)c3ccccc3-4)c12. The Labute approximate surface area is 241 Å². The third-order valence-corrected chi connectivity index (χ3v) is 10.2. The number of aromatic nitrogens is 1. The van der Waals surface area contributed by atoms with Gasteiger partial charge in [-0.3, -0.25) is 0 Å². The summed E-state index contributed by atoms with van der Waals surface area (Å²) >= 11 is 8.80. The molecule has 1 aliphatic carbocycles. The predicted octanol–water partition coefficient (Wildman–Crippen LogP) is 10.3. The summed E-state index contributed by atoms with van der Waals surface area (Å²) in [4.78, 5) is 2.63. The Morgan fingerprint density at radius 3 is 1.95 bits per heavy atom. The fourth-order valence-electron chi connectivity index (χ4n) is 7.23. The molecule has 0 unspecified atom stereocenters. The molecule has 6 aromatic carbocycles. The Kier molecular flexibility index (Phi) is 4.59. The monoisotopic (exact) mass is 547 g/mol. The highest BCUT2D eigenvalue weighted by atomic mass is 35.5. The molecule has 0 fully saturated rings. The van der Waals surface area contributed by atoms with Crippen LogP contribution in [0.3, 0.4) is 0 Å². The van der Waals surface area contributed by atoms with Gasteiger partial charge >= 0.3 is 0 Å². The van der Waals surface area contributed by atoms with Crippen molar-refractivity contribution >= 4 is 45.2 Å². The van der Waals surface area contributed by atoms with Crippen LogP contribution >= 0.6 is 23.4 Å². The van der Waals surface area contributed by atoms with E-state index in [0.717, 1.165) is 21.7 Å². The zero-order valence-electron chi connectivity index (χ0n) is 21.4. The molecule has 2 heterocycles. The largest absolute Gasteiger partial charge is 0.308 e. The first-order chi connectivity index (χ1) is 19.8. The van der Waals surface area contributed by atoms with Crippen LogP contribution in [0, 0.1) is 0 Å². The summed E-state index contributed by atoms with van der Waals surface area (Å²) in [7, 11) is 0. The van der Waals surface area contributed by atoms with Crippen molar-refractivity contribution in [2.75, 3.05) is 0 Å². The van der Waals surface area contributed by atoms with Crippen LogP contribution in [-0.4, -0.2) is 4.57 Å². The van der Waals surface area contributed by atoms with Crippen molar-refractivity contribution in [1.29, 1.82) is 0 Å². The normalized spacial score (nSPS) is 14.2. The predicted molar refractivity (Wildman–Crippen MR) is 167 cm³/mol. The lowest BCUT2D eigenvalue weighted by Gasteiger charge is -2.39. The summed E-state index contributed by atoms with van der Waals surface area (Å²) in [5.41, 5.74) is 10.9. The van der Waals surface area contributed by atoms with Crippen LogP contribution in [0.2, 0.25) is 5.02 Å². The smallest absolute Gasteiger partial charge is 0.0736 e. The van der Waals surface area contributed by atoms with Crippen LogP contribution in [0.25, 0.3) is 38.6 Å². The zero-order valence-corrected chi connectivity index (χ0v) is 23.0. The van der Waals surface area contributed by atoms with Gasteiger partial charge in [0.25, 0.3) is 0 Å². The number of hydrogen-bond acceptors (Lipinski definition) is 1. The summed E-state index contributed by atoms with van der Waals surface area (Å²) in [5.74, 6) is 0. The van der Waals surface area contributed by atoms with E-state index in [4.69, 9.17) is 11.6 Å². The average Bonchev–Trinajstić information content (AvgIpc) is 3.49. The Balaban J connectivity index is 1.44. The Bertz CT molecular complexity index is 2130. The molecule has 1 aromatic heterocycles. The van der Waals surface area contributed by atoms with Crippen LogP contribution in [0.5, 0.6) is 0 Å². The minimum Gasteiger partial charge on any atom is -0.308 e. The van der Waals surface area contributed by atoms with E-state index >= 15 is 0 Å². The molecule has 7 aromatic rings. The first-order valence-electron chi connectivity index (χ1n) is 13.6. The lowest BCUT2D eigenvalue weighted by Crippen LogP contribution is -2.32. The lowest BCUT2D eigenvalue weighted by atomic mass is 9.67. The number of para-hydroxylation sites is 2. The van der Waals surface area contributed by atoms with E-state index in [9.17, 15) is 0 Å². The highest BCUT2D eigenvalue weighted by Crippen LogP contribution is 2.62. The Morgan fingerprint density at radius 2 is 1.15 bits per heavy atom. The number of nitrogens with zero attached hydrogens (tertiary/aromatic N) is 1. The van der Waals surface area contributed by atoms with Gasteiger partial charge in [0.2, 0.25) is 0 Å². The van der Waals surface area contributed by atoms with Crippen LogP contribution in [0.15, 0.2) is 143 Å². The summed E-state index contributed by atoms with van der Waals surface area (Å²) in [6.45, 7) is 0. The fraction of sp³-hybridized carbons (Fsp3) is 0.0270. The molecule has 0 N–H and O–H groups in total. The number of hydrogen-bond donors (Lipinski definition) is 0. The van der Waals surface area contributed by atoms with E-state index < -0.39 is 5.41 Å². The molecule has 0 atom stereocenters. The molecule has 9 rings (SSSR count). The molecule has 0 saturated carbocycles. The van der Waals surface area contributed by atoms with E-state index in [1.54, 1.807) is 0 Å². The highest BCUT2D eigenvalue weighted by molar-refractivity contribution is 7.99. The van der Waals surface area contributed by atoms with Crippen LogP contribution < -0.4 is 0 Å². The number of rotatable bonds is 1. The Hall–Kier alpha value is -4.24.